The highest BCUT2D eigenvalue weighted by atomic mass is 35.5. The molecule has 1 unspecified atom stereocenters. The zero-order valence-corrected chi connectivity index (χ0v) is 9.62. The number of halogens is 1. The van der Waals surface area contributed by atoms with Gasteiger partial charge in [0.1, 0.15) is 5.82 Å². The van der Waals surface area contributed by atoms with E-state index >= 15 is 0 Å². The van der Waals surface area contributed by atoms with Crippen LogP contribution in [0.15, 0.2) is 12.4 Å². The van der Waals surface area contributed by atoms with Crippen LogP contribution in [0.2, 0.25) is 0 Å². The van der Waals surface area contributed by atoms with Crippen molar-refractivity contribution in [1.82, 2.24) is 9.97 Å². The molecule has 0 saturated carbocycles. The van der Waals surface area contributed by atoms with Gasteiger partial charge in [-0.05, 0) is 20.3 Å². The number of anilines is 1. The first-order valence-corrected chi connectivity index (χ1v) is 5.17. The summed E-state index contributed by atoms with van der Waals surface area (Å²) in [6.07, 6.45) is 4.37. The van der Waals surface area contributed by atoms with Crippen molar-refractivity contribution in [3.63, 3.8) is 0 Å². The molecule has 78 valence electrons. The van der Waals surface area contributed by atoms with Crippen LogP contribution >= 0.6 is 11.6 Å². The molecular formula is C10H16ClN3. The number of alkyl halides is 1. The molecular weight excluding hydrogens is 198 g/mol. The highest BCUT2D eigenvalue weighted by Crippen LogP contribution is 2.13. The number of aryl methyl sites for hydroxylation is 1. The Morgan fingerprint density at radius 3 is 2.64 bits per heavy atom. The lowest BCUT2D eigenvalue weighted by atomic mass is 10.3. The molecule has 0 aliphatic carbocycles. The Balaban J connectivity index is 2.60. The van der Waals surface area contributed by atoms with Gasteiger partial charge in [-0.25, -0.2) is 4.98 Å². The largest absolute Gasteiger partial charge is 0.358 e. The highest BCUT2D eigenvalue weighted by molar-refractivity contribution is 6.20. The second kappa shape index (κ2) is 5.15. The molecule has 0 saturated heterocycles. The summed E-state index contributed by atoms with van der Waals surface area (Å²) < 4.78 is 0. The van der Waals surface area contributed by atoms with E-state index in [4.69, 9.17) is 11.6 Å². The van der Waals surface area contributed by atoms with Crippen molar-refractivity contribution in [2.75, 3.05) is 18.5 Å². The molecule has 0 fully saturated rings. The van der Waals surface area contributed by atoms with E-state index < -0.39 is 0 Å². The molecule has 0 aliphatic rings. The Morgan fingerprint density at radius 1 is 1.43 bits per heavy atom. The smallest absolute Gasteiger partial charge is 0.149 e. The van der Waals surface area contributed by atoms with Gasteiger partial charge < -0.3 is 4.90 Å². The summed E-state index contributed by atoms with van der Waals surface area (Å²) in [4.78, 5) is 10.6. The van der Waals surface area contributed by atoms with Gasteiger partial charge in [0.05, 0.1) is 5.69 Å². The molecule has 1 rings (SSSR count). The molecule has 1 aromatic rings. The number of rotatable bonds is 4. The van der Waals surface area contributed by atoms with Crippen LogP contribution in [0.5, 0.6) is 0 Å². The lowest BCUT2D eigenvalue weighted by Crippen LogP contribution is -2.22. The molecule has 3 nitrogen and oxygen atoms in total. The molecule has 14 heavy (non-hydrogen) atoms. The van der Waals surface area contributed by atoms with Crippen LogP contribution < -0.4 is 4.90 Å². The van der Waals surface area contributed by atoms with Gasteiger partial charge in [0.2, 0.25) is 0 Å². The van der Waals surface area contributed by atoms with E-state index in [9.17, 15) is 0 Å². The predicted octanol–water partition coefficient (Wildman–Crippen LogP) is 2.24. The summed E-state index contributed by atoms with van der Waals surface area (Å²) in [5.74, 6) is 0.935. The first-order chi connectivity index (χ1) is 6.61. The van der Waals surface area contributed by atoms with Gasteiger partial charge in [-0.1, -0.05) is 0 Å². The second-order valence-corrected chi connectivity index (χ2v) is 4.20. The lowest BCUT2D eigenvalue weighted by Gasteiger charge is -2.19. The van der Waals surface area contributed by atoms with E-state index in [2.05, 4.69) is 14.9 Å². The van der Waals surface area contributed by atoms with Crippen LogP contribution in [0.3, 0.4) is 0 Å². The molecule has 0 radical (unpaired) electrons. The van der Waals surface area contributed by atoms with Crippen LogP contribution in [0.4, 0.5) is 5.82 Å². The SMILES string of the molecule is Cc1nccnc1N(C)CCC(C)Cl. The van der Waals surface area contributed by atoms with E-state index in [-0.39, 0.29) is 5.38 Å². The second-order valence-electron chi connectivity index (χ2n) is 3.46. The Bertz CT molecular complexity index is 288. The Kier molecular flexibility index (Phi) is 4.14. The molecule has 0 aromatic carbocycles. The van der Waals surface area contributed by atoms with Crippen molar-refractivity contribution in [1.29, 1.82) is 0 Å². The van der Waals surface area contributed by atoms with E-state index in [0.717, 1.165) is 24.5 Å². The molecule has 4 heteroatoms. The first kappa shape index (κ1) is 11.2. The fourth-order valence-corrected chi connectivity index (χ4v) is 1.35. The molecule has 0 aliphatic heterocycles. The summed E-state index contributed by atoms with van der Waals surface area (Å²) in [5.41, 5.74) is 0.956. The van der Waals surface area contributed by atoms with Gasteiger partial charge in [0, 0.05) is 31.4 Å². The van der Waals surface area contributed by atoms with Crippen LogP contribution in [0.25, 0.3) is 0 Å². The van der Waals surface area contributed by atoms with Gasteiger partial charge in [-0.3, -0.25) is 4.98 Å². The monoisotopic (exact) mass is 213 g/mol. The minimum Gasteiger partial charge on any atom is -0.358 e. The normalized spacial score (nSPS) is 12.6. The van der Waals surface area contributed by atoms with Gasteiger partial charge in [-0.15, -0.1) is 11.6 Å². The zero-order chi connectivity index (χ0) is 10.6. The molecule has 1 heterocycles. The van der Waals surface area contributed by atoms with Gasteiger partial charge >= 0.3 is 0 Å². The van der Waals surface area contributed by atoms with Crippen LogP contribution in [0.1, 0.15) is 19.0 Å². The third kappa shape index (κ3) is 3.14. The standard InChI is InChI=1S/C10H16ClN3/c1-8(11)4-7-14(3)10-9(2)12-5-6-13-10/h5-6,8H,4,7H2,1-3H3. The third-order valence-corrected chi connectivity index (χ3v) is 2.30. The summed E-state index contributed by atoms with van der Waals surface area (Å²) in [7, 11) is 2.01. The fourth-order valence-electron chi connectivity index (χ4n) is 1.25. The summed E-state index contributed by atoms with van der Waals surface area (Å²) in [6, 6.07) is 0. The summed E-state index contributed by atoms with van der Waals surface area (Å²) in [5, 5.41) is 0.203. The average Bonchev–Trinajstić information content (AvgIpc) is 2.15. The van der Waals surface area contributed by atoms with E-state index in [1.165, 1.54) is 0 Å². The van der Waals surface area contributed by atoms with Crippen molar-refractivity contribution in [3.8, 4) is 0 Å². The maximum atomic E-state index is 5.89. The number of hydrogen-bond donors (Lipinski definition) is 0. The molecule has 0 bridgehead atoms. The summed E-state index contributed by atoms with van der Waals surface area (Å²) >= 11 is 5.89. The van der Waals surface area contributed by atoms with E-state index in [1.54, 1.807) is 12.4 Å². The summed E-state index contributed by atoms with van der Waals surface area (Å²) in [6.45, 7) is 4.87. The van der Waals surface area contributed by atoms with E-state index in [0.29, 0.717) is 0 Å². The Morgan fingerprint density at radius 2 is 2.07 bits per heavy atom. The predicted molar refractivity (Wildman–Crippen MR) is 60.0 cm³/mol. The average molecular weight is 214 g/mol. The van der Waals surface area contributed by atoms with Crippen molar-refractivity contribution < 1.29 is 0 Å². The number of hydrogen-bond acceptors (Lipinski definition) is 3. The Hall–Kier alpha value is -0.830. The minimum atomic E-state index is 0.203. The maximum Gasteiger partial charge on any atom is 0.149 e. The van der Waals surface area contributed by atoms with E-state index in [1.807, 2.05) is 20.9 Å². The Labute approximate surface area is 90.1 Å². The van der Waals surface area contributed by atoms with Crippen molar-refractivity contribution in [3.05, 3.63) is 18.1 Å². The number of nitrogens with zero attached hydrogens (tertiary/aromatic N) is 3. The fraction of sp³-hybridized carbons (Fsp3) is 0.600. The van der Waals surface area contributed by atoms with Crippen LogP contribution in [-0.4, -0.2) is 28.9 Å². The maximum absolute atomic E-state index is 5.89. The van der Waals surface area contributed by atoms with Crippen LogP contribution in [0, 0.1) is 6.92 Å². The molecule has 0 amide bonds. The van der Waals surface area contributed by atoms with Gasteiger partial charge in [0.25, 0.3) is 0 Å². The van der Waals surface area contributed by atoms with Gasteiger partial charge in [-0.2, -0.15) is 0 Å². The zero-order valence-electron chi connectivity index (χ0n) is 8.87. The quantitative estimate of drug-likeness (QED) is 0.719. The number of aromatic nitrogens is 2. The molecule has 0 spiro atoms. The van der Waals surface area contributed by atoms with Gasteiger partial charge in [0.15, 0.2) is 0 Å². The van der Waals surface area contributed by atoms with Crippen LogP contribution in [-0.2, 0) is 0 Å². The van der Waals surface area contributed by atoms with Crippen molar-refractivity contribution >= 4 is 17.4 Å². The molecule has 1 atom stereocenters. The highest BCUT2D eigenvalue weighted by Gasteiger charge is 2.07. The third-order valence-electron chi connectivity index (χ3n) is 2.08. The molecule has 1 aromatic heterocycles. The van der Waals surface area contributed by atoms with Crippen molar-refractivity contribution in [2.24, 2.45) is 0 Å². The topological polar surface area (TPSA) is 29.0 Å². The molecule has 0 N–H and O–H groups in total. The minimum absolute atomic E-state index is 0.203. The van der Waals surface area contributed by atoms with Crippen molar-refractivity contribution in [2.45, 2.75) is 25.6 Å². The lowest BCUT2D eigenvalue weighted by molar-refractivity contribution is 0.760. The first-order valence-electron chi connectivity index (χ1n) is 4.74.